The smallest absolute Gasteiger partial charge is 0.306 e. The molecule has 0 aromatic heterocycles. The molecule has 0 aliphatic heterocycles. The van der Waals surface area contributed by atoms with E-state index in [2.05, 4.69) is 5.32 Å². The standard InChI is InChI=1S/C17H21Cl2NO3/c1-17(2,14-12(18)4-3-5-13(14)19)9-20-15(21)10-6-7-11(8-10)16(22)23/h3-5,10-11H,6-9H2,1-2H3,(H,20,21)(H,22,23)/t10-,11+/m1/s1. The third-order valence-corrected chi connectivity index (χ3v) is 5.13. The van der Waals surface area contributed by atoms with Gasteiger partial charge in [-0.15, -0.1) is 0 Å². The van der Waals surface area contributed by atoms with Crippen LogP contribution in [0.15, 0.2) is 18.2 Å². The molecule has 1 aliphatic carbocycles. The van der Waals surface area contributed by atoms with Crippen molar-refractivity contribution >= 4 is 35.1 Å². The topological polar surface area (TPSA) is 66.4 Å². The van der Waals surface area contributed by atoms with Gasteiger partial charge in [-0.3, -0.25) is 9.59 Å². The fourth-order valence-corrected chi connectivity index (χ4v) is 4.04. The van der Waals surface area contributed by atoms with Gasteiger partial charge in [0.25, 0.3) is 0 Å². The molecule has 1 aromatic carbocycles. The van der Waals surface area contributed by atoms with Crippen LogP contribution in [-0.2, 0) is 15.0 Å². The molecule has 126 valence electrons. The minimum absolute atomic E-state index is 0.0926. The lowest BCUT2D eigenvalue weighted by Gasteiger charge is -2.28. The Morgan fingerprint density at radius 3 is 2.30 bits per heavy atom. The number of amides is 1. The van der Waals surface area contributed by atoms with Gasteiger partial charge in [0.05, 0.1) is 5.92 Å². The Bertz CT molecular complexity index is 596. The summed E-state index contributed by atoms with van der Waals surface area (Å²) in [4.78, 5) is 23.3. The van der Waals surface area contributed by atoms with Gasteiger partial charge in [0, 0.05) is 27.9 Å². The molecule has 1 fully saturated rings. The Morgan fingerprint density at radius 1 is 1.22 bits per heavy atom. The molecular formula is C17H21Cl2NO3. The maximum atomic E-state index is 12.3. The Hall–Kier alpha value is -1.26. The van der Waals surface area contributed by atoms with Crippen molar-refractivity contribution in [2.75, 3.05) is 6.54 Å². The van der Waals surface area contributed by atoms with Crippen LogP contribution in [0.25, 0.3) is 0 Å². The molecule has 2 atom stereocenters. The zero-order valence-corrected chi connectivity index (χ0v) is 14.7. The second kappa shape index (κ2) is 7.10. The number of nitrogens with one attached hydrogen (secondary N) is 1. The van der Waals surface area contributed by atoms with E-state index in [1.54, 1.807) is 18.2 Å². The maximum absolute atomic E-state index is 12.3. The van der Waals surface area contributed by atoms with Crippen LogP contribution in [0.1, 0.15) is 38.7 Å². The molecule has 0 radical (unpaired) electrons. The Morgan fingerprint density at radius 2 is 1.78 bits per heavy atom. The van der Waals surface area contributed by atoms with Crippen molar-refractivity contribution in [1.29, 1.82) is 0 Å². The van der Waals surface area contributed by atoms with E-state index >= 15 is 0 Å². The second-order valence-electron chi connectivity index (χ2n) is 6.74. The Balaban J connectivity index is 2.00. The predicted octanol–water partition coefficient (Wildman–Crippen LogP) is 3.89. The van der Waals surface area contributed by atoms with E-state index in [0.29, 0.717) is 35.9 Å². The average molecular weight is 358 g/mol. The summed E-state index contributed by atoms with van der Waals surface area (Å²) < 4.78 is 0. The van der Waals surface area contributed by atoms with Crippen LogP contribution in [0, 0.1) is 11.8 Å². The number of carbonyl (C=O) groups excluding carboxylic acids is 1. The molecule has 0 heterocycles. The highest BCUT2D eigenvalue weighted by Crippen LogP contribution is 2.36. The van der Waals surface area contributed by atoms with Crippen LogP contribution in [0.3, 0.4) is 0 Å². The number of benzene rings is 1. The van der Waals surface area contributed by atoms with E-state index in [1.807, 2.05) is 13.8 Å². The zero-order valence-electron chi connectivity index (χ0n) is 13.2. The third-order valence-electron chi connectivity index (χ3n) is 4.50. The van der Waals surface area contributed by atoms with E-state index in [0.717, 1.165) is 5.56 Å². The minimum atomic E-state index is -0.816. The number of hydrogen-bond donors (Lipinski definition) is 2. The van der Waals surface area contributed by atoms with Gasteiger partial charge >= 0.3 is 5.97 Å². The second-order valence-corrected chi connectivity index (χ2v) is 7.56. The van der Waals surface area contributed by atoms with Crippen LogP contribution in [0.4, 0.5) is 0 Å². The summed E-state index contributed by atoms with van der Waals surface area (Å²) in [6.45, 7) is 4.33. The molecule has 2 rings (SSSR count). The quantitative estimate of drug-likeness (QED) is 0.839. The van der Waals surface area contributed by atoms with Crippen molar-refractivity contribution in [3.05, 3.63) is 33.8 Å². The van der Waals surface area contributed by atoms with Crippen LogP contribution < -0.4 is 5.32 Å². The van der Waals surface area contributed by atoms with E-state index < -0.39 is 17.3 Å². The number of rotatable bonds is 5. The van der Waals surface area contributed by atoms with E-state index in [4.69, 9.17) is 28.3 Å². The molecule has 1 saturated carbocycles. The molecular weight excluding hydrogens is 337 g/mol. The van der Waals surface area contributed by atoms with Crippen molar-refractivity contribution in [2.24, 2.45) is 11.8 Å². The predicted molar refractivity (Wildman–Crippen MR) is 91.0 cm³/mol. The monoisotopic (exact) mass is 357 g/mol. The van der Waals surface area contributed by atoms with Gasteiger partial charge in [0.2, 0.25) is 5.91 Å². The Kier molecular flexibility index (Phi) is 5.58. The maximum Gasteiger partial charge on any atom is 0.306 e. The first-order valence-electron chi connectivity index (χ1n) is 7.67. The zero-order chi connectivity index (χ0) is 17.2. The highest BCUT2D eigenvalue weighted by Gasteiger charge is 2.35. The highest BCUT2D eigenvalue weighted by molar-refractivity contribution is 6.36. The fourth-order valence-electron chi connectivity index (χ4n) is 3.13. The highest BCUT2D eigenvalue weighted by atomic mass is 35.5. The Labute approximate surface area is 146 Å². The fraction of sp³-hybridized carbons (Fsp3) is 0.529. The molecule has 1 aliphatic rings. The summed E-state index contributed by atoms with van der Waals surface area (Å²) in [6, 6.07) is 5.34. The molecule has 6 heteroatoms. The largest absolute Gasteiger partial charge is 0.481 e. The first kappa shape index (κ1) is 18.1. The normalized spacial score (nSPS) is 21.2. The van der Waals surface area contributed by atoms with E-state index in [-0.39, 0.29) is 11.8 Å². The molecule has 0 saturated heterocycles. The molecule has 0 unspecified atom stereocenters. The first-order valence-corrected chi connectivity index (χ1v) is 8.43. The number of carboxylic acid groups (broad SMARTS) is 1. The van der Waals surface area contributed by atoms with Crippen molar-refractivity contribution in [2.45, 2.75) is 38.5 Å². The van der Waals surface area contributed by atoms with E-state index in [9.17, 15) is 9.59 Å². The summed E-state index contributed by atoms with van der Waals surface area (Å²) in [5.41, 5.74) is 0.383. The molecule has 2 N–H and O–H groups in total. The number of carboxylic acids is 1. The van der Waals surface area contributed by atoms with Crippen molar-refractivity contribution in [3.63, 3.8) is 0 Å². The summed E-state index contributed by atoms with van der Waals surface area (Å²) in [6.07, 6.45) is 1.59. The minimum Gasteiger partial charge on any atom is -0.481 e. The van der Waals surface area contributed by atoms with Gasteiger partial charge < -0.3 is 10.4 Å². The molecule has 0 bridgehead atoms. The lowest BCUT2D eigenvalue weighted by molar-refractivity contribution is -0.141. The summed E-state index contributed by atoms with van der Waals surface area (Å²) in [5.74, 6) is -1.54. The van der Waals surface area contributed by atoms with Gasteiger partial charge in [0.15, 0.2) is 0 Å². The average Bonchev–Trinajstić information content (AvgIpc) is 2.94. The van der Waals surface area contributed by atoms with Crippen molar-refractivity contribution in [3.8, 4) is 0 Å². The molecule has 0 spiro atoms. The third kappa shape index (κ3) is 4.18. The van der Waals surface area contributed by atoms with Gasteiger partial charge in [0.1, 0.15) is 0 Å². The number of aliphatic carboxylic acids is 1. The van der Waals surface area contributed by atoms with Crippen LogP contribution in [0.5, 0.6) is 0 Å². The molecule has 23 heavy (non-hydrogen) atoms. The summed E-state index contributed by atoms with van der Waals surface area (Å²) >= 11 is 12.5. The summed E-state index contributed by atoms with van der Waals surface area (Å²) in [7, 11) is 0. The number of carbonyl (C=O) groups is 2. The van der Waals surface area contributed by atoms with Crippen molar-refractivity contribution in [1.82, 2.24) is 5.32 Å². The van der Waals surface area contributed by atoms with Crippen molar-refractivity contribution < 1.29 is 14.7 Å². The molecule has 1 amide bonds. The van der Waals surface area contributed by atoms with Crippen LogP contribution in [0.2, 0.25) is 10.0 Å². The summed E-state index contributed by atoms with van der Waals surface area (Å²) in [5, 5.41) is 13.1. The molecule has 1 aromatic rings. The van der Waals surface area contributed by atoms with Gasteiger partial charge in [-0.25, -0.2) is 0 Å². The lowest BCUT2D eigenvalue weighted by atomic mass is 9.84. The van der Waals surface area contributed by atoms with Gasteiger partial charge in [-0.2, -0.15) is 0 Å². The lowest BCUT2D eigenvalue weighted by Crippen LogP contribution is -2.39. The number of halogens is 2. The molecule has 4 nitrogen and oxygen atoms in total. The first-order chi connectivity index (χ1) is 10.7. The van der Waals surface area contributed by atoms with Crippen LogP contribution in [-0.4, -0.2) is 23.5 Å². The van der Waals surface area contributed by atoms with E-state index in [1.165, 1.54) is 0 Å². The van der Waals surface area contributed by atoms with Gasteiger partial charge in [-0.05, 0) is 37.0 Å². The van der Waals surface area contributed by atoms with Gasteiger partial charge in [-0.1, -0.05) is 43.1 Å². The SMILES string of the molecule is CC(C)(CNC(=O)[C@@H]1CC[C@H](C(=O)O)C1)c1c(Cl)cccc1Cl. The number of hydrogen-bond acceptors (Lipinski definition) is 2. The van der Waals surface area contributed by atoms with Crippen LogP contribution >= 0.6 is 23.2 Å².